The highest BCUT2D eigenvalue weighted by atomic mass is 35.5. The number of nitrogens with zero attached hydrogens (tertiary/aromatic N) is 2. The summed E-state index contributed by atoms with van der Waals surface area (Å²) in [6.07, 6.45) is 0.693. The summed E-state index contributed by atoms with van der Waals surface area (Å²) in [5, 5.41) is 0.514. The number of carbonyl (C=O) groups is 1. The second-order valence-corrected chi connectivity index (χ2v) is 9.87. The van der Waals surface area contributed by atoms with Crippen LogP contribution in [0, 0.1) is 0 Å². The van der Waals surface area contributed by atoms with Crippen LogP contribution < -0.4 is 4.31 Å². The highest BCUT2D eigenvalue weighted by Gasteiger charge is 2.26. The van der Waals surface area contributed by atoms with E-state index in [1.165, 1.54) is 16.4 Å². The summed E-state index contributed by atoms with van der Waals surface area (Å²) in [7, 11) is -0.670. The first-order chi connectivity index (χ1) is 15.8. The molecule has 3 rings (SSSR count). The lowest BCUT2D eigenvalue weighted by Gasteiger charge is -2.25. The van der Waals surface area contributed by atoms with Gasteiger partial charge >= 0.3 is 0 Å². The van der Waals surface area contributed by atoms with Gasteiger partial charge in [0.25, 0.3) is 15.9 Å². The number of rotatable bonds is 10. The highest BCUT2D eigenvalue weighted by Crippen LogP contribution is 2.28. The normalized spacial score (nSPS) is 11.2. The molecule has 0 unspecified atom stereocenters. The van der Waals surface area contributed by atoms with E-state index in [-0.39, 0.29) is 17.3 Å². The van der Waals surface area contributed by atoms with Crippen molar-refractivity contribution >= 4 is 33.2 Å². The lowest BCUT2D eigenvalue weighted by Crippen LogP contribution is -2.31. The number of sulfonamides is 1. The predicted molar refractivity (Wildman–Crippen MR) is 131 cm³/mol. The maximum Gasteiger partial charge on any atom is 0.264 e. The minimum absolute atomic E-state index is 0.0459. The number of anilines is 1. The van der Waals surface area contributed by atoms with Gasteiger partial charge in [-0.1, -0.05) is 48.0 Å². The molecule has 0 heterocycles. The smallest absolute Gasteiger partial charge is 0.264 e. The Bertz CT molecular complexity index is 1170. The third kappa shape index (κ3) is 6.35. The van der Waals surface area contributed by atoms with Gasteiger partial charge in [-0.2, -0.15) is 0 Å². The lowest BCUT2D eigenvalue weighted by atomic mass is 10.2. The summed E-state index contributed by atoms with van der Waals surface area (Å²) < 4.78 is 33.8. The molecule has 0 spiro atoms. The molecule has 0 aromatic heterocycles. The topological polar surface area (TPSA) is 66.9 Å². The minimum Gasteiger partial charge on any atom is -0.385 e. The van der Waals surface area contributed by atoms with Gasteiger partial charge < -0.3 is 9.64 Å². The van der Waals surface area contributed by atoms with E-state index in [1.807, 2.05) is 30.3 Å². The zero-order valence-corrected chi connectivity index (χ0v) is 20.2. The monoisotopic (exact) mass is 486 g/mol. The van der Waals surface area contributed by atoms with Gasteiger partial charge in [0.05, 0.1) is 17.1 Å². The molecule has 0 saturated heterocycles. The Morgan fingerprint density at radius 2 is 1.67 bits per heavy atom. The van der Waals surface area contributed by atoms with Crippen LogP contribution in [0.4, 0.5) is 5.69 Å². The van der Waals surface area contributed by atoms with Crippen molar-refractivity contribution in [3.63, 3.8) is 0 Å². The van der Waals surface area contributed by atoms with Crippen molar-refractivity contribution in [2.75, 3.05) is 31.6 Å². The second kappa shape index (κ2) is 11.3. The van der Waals surface area contributed by atoms with Gasteiger partial charge in [0.15, 0.2) is 0 Å². The molecular formula is C25H27ClN2O4S. The number of ether oxygens (including phenoxy) is 1. The Hall–Kier alpha value is -2.87. The van der Waals surface area contributed by atoms with Crippen LogP contribution in [0.15, 0.2) is 83.8 Å². The minimum atomic E-state index is -3.97. The van der Waals surface area contributed by atoms with Crippen LogP contribution in [0.2, 0.25) is 5.02 Å². The Labute approximate surface area is 200 Å². The van der Waals surface area contributed by atoms with E-state index in [9.17, 15) is 13.2 Å². The fourth-order valence-corrected chi connectivity index (χ4v) is 4.98. The summed E-state index contributed by atoms with van der Waals surface area (Å²) in [5.74, 6) is -0.246. The van der Waals surface area contributed by atoms with Crippen LogP contribution in [0.5, 0.6) is 0 Å². The zero-order chi connectivity index (χ0) is 23.8. The number of halogens is 1. The molecule has 3 aromatic carbocycles. The Balaban J connectivity index is 1.95. The summed E-state index contributed by atoms with van der Waals surface area (Å²) in [4.78, 5) is 14.5. The van der Waals surface area contributed by atoms with Crippen LogP contribution >= 0.6 is 11.6 Å². The quantitative estimate of drug-likeness (QED) is 0.384. The number of hydrogen-bond acceptors (Lipinski definition) is 4. The van der Waals surface area contributed by atoms with Gasteiger partial charge in [-0.05, 0) is 54.4 Å². The molecule has 0 aliphatic carbocycles. The van der Waals surface area contributed by atoms with Crippen LogP contribution in [-0.2, 0) is 21.3 Å². The Morgan fingerprint density at radius 3 is 2.33 bits per heavy atom. The summed E-state index contributed by atoms with van der Waals surface area (Å²) in [6, 6.07) is 22.1. The third-order valence-corrected chi connectivity index (χ3v) is 7.16. The number of amides is 1. The average molecular weight is 487 g/mol. The van der Waals surface area contributed by atoms with Gasteiger partial charge in [0.1, 0.15) is 0 Å². The van der Waals surface area contributed by atoms with Crippen molar-refractivity contribution in [2.45, 2.75) is 17.9 Å². The second-order valence-electron chi connectivity index (χ2n) is 7.57. The largest absolute Gasteiger partial charge is 0.385 e. The lowest BCUT2D eigenvalue weighted by molar-refractivity contribution is 0.0779. The summed E-state index contributed by atoms with van der Waals surface area (Å²) in [5.41, 5.74) is 1.63. The van der Waals surface area contributed by atoms with E-state index in [0.717, 1.165) is 5.56 Å². The third-order valence-electron chi connectivity index (χ3n) is 5.14. The SMILES string of the molecule is COCCCN(C)C(=O)c1cccc(S(=O)(=O)N(Cc2ccccc2)c2ccc(Cl)cc2)c1. The maximum absolute atomic E-state index is 13.7. The predicted octanol–water partition coefficient (Wildman–Crippen LogP) is 4.84. The van der Waals surface area contributed by atoms with Gasteiger partial charge in [-0.15, -0.1) is 0 Å². The van der Waals surface area contributed by atoms with Crippen molar-refractivity contribution in [3.8, 4) is 0 Å². The summed E-state index contributed by atoms with van der Waals surface area (Å²) >= 11 is 6.02. The standard InChI is InChI=1S/C25H27ClN2O4S/c1-27(16-7-17-32-2)25(29)21-10-6-11-24(18-21)33(30,31)28(19-20-8-4-3-5-9-20)23-14-12-22(26)13-15-23/h3-6,8-15,18H,7,16-17,19H2,1-2H3. The first kappa shape index (κ1) is 24.8. The molecule has 3 aromatic rings. The number of benzene rings is 3. The van der Waals surface area contributed by atoms with Crippen molar-refractivity contribution in [3.05, 3.63) is 95.0 Å². The fourth-order valence-electron chi connectivity index (χ4n) is 3.36. The molecule has 0 N–H and O–H groups in total. The molecule has 1 amide bonds. The van der Waals surface area contributed by atoms with Gasteiger partial charge in [-0.25, -0.2) is 8.42 Å². The molecule has 0 aliphatic heterocycles. The van der Waals surface area contributed by atoms with Crippen molar-refractivity contribution in [2.24, 2.45) is 0 Å². The molecule has 0 atom stereocenters. The number of hydrogen-bond donors (Lipinski definition) is 0. The van der Waals surface area contributed by atoms with E-state index in [2.05, 4.69) is 0 Å². The molecule has 0 saturated carbocycles. The van der Waals surface area contributed by atoms with Crippen LogP contribution in [0.1, 0.15) is 22.3 Å². The van der Waals surface area contributed by atoms with Crippen molar-refractivity contribution in [1.82, 2.24) is 4.90 Å². The summed E-state index contributed by atoms with van der Waals surface area (Å²) in [6.45, 7) is 1.19. The van der Waals surface area contributed by atoms with Gasteiger partial charge in [0, 0.05) is 37.9 Å². The van der Waals surface area contributed by atoms with Gasteiger partial charge in [-0.3, -0.25) is 9.10 Å². The van der Waals surface area contributed by atoms with Crippen LogP contribution in [0.25, 0.3) is 0 Å². The molecule has 33 heavy (non-hydrogen) atoms. The van der Waals surface area contributed by atoms with E-state index < -0.39 is 10.0 Å². The van der Waals surface area contributed by atoms with E-state index in [4.69, 9.17) is 16.3 Å². The number of methoxy groups -OCH3 is 1. The molecule has 6 nitrogen and oxygen atoms in total. The van der Waals surface area contributed by atoms with Gasteiger partial charge in [0.2, 0.25) is 0 Å². The first-order valence-electron chi connectivity index (χ1n) is 10.5. The molecule has 174 valence electrons. The molecule has 0 radical (unpaired) electrons. The highest BCUT2D eigenvalue weighted by molar-refractivity contribution is 7.92. The fraction of sp³-hybridized carbons (Fsp3) is 0.240. The zero-order valence-electron chi connectivity index (χ0n) is 18.6. The Kier molecular flexibility index (Phi) is 8.49. The molecule has 0 fully saturated rings. The van der Waals surface area contributed by atoms with E-state index in [0.29, 0.717) is 35.8 Å². The van der Waals surface area contributed by atoms with Crippen molar-refractivity contribution < 1.29 is 17.9 Å². The van der Waals surface area contributed by atoms with E-state index >= 15 is 0 Å². The molecule has 0 bridgehead atoms. The first-order valence-corrected chi connectivity index (χ1v) is 12.3. The molecular weight excluding hydrogens is 460 g/mol. The van der Waals surface area contributed by atoms with Crippen molar-refractivity contribution in [1.29, 1.82) is 0 Å². The Morgan fingerprint density at radius 1 is 0.970 bits per heavy atom. The number of carbonyl (C=O) groups excluding carboxylic acids is 1. The molecule has 8 heteroatoms. The molecule has 0 aliphatic rings. The van der Waals surface area contributed by atoms with E-state index in [1.54, 1.807) is 55.5 Å². The maximum atomic E-state index is 13.7. The van der Waals surface area contributed by atoms with Crippen LogP contribution in [-0.4, -0.2) is 46.5 Å². The van der Waals surface area contributed by atoms with Crippen LogP contribution in [0.3, 0.4) is 0 Å². The average Bonchev–Trinajstić information content (AvgIpc) is 2.83.